The van der Waals surface area contributed by atoms with Crippen LogP contribution in [-0.4, -0.2) is 50.1 Å². The van der Waals surface area contributed by atoms with Crippen LogP contribution in [0.4, 0.5) is 0 Å². The van der Waals surface area contributed by atoms with Crippen LogP contribution in [0.3, 0.4) is 0 Å². The molecule has 1 saturated heterocycles. The first-order chi connectivity index (χ1) is 12.1. The molecule has 5 nitrogen and oxygen atoms in total. The fraction of sp³-hybridized carbons (Fsp3) is 0.579. The third kappa shape index (κ3) is 7.31. The molecule has 0 aromatic heterocycles. The Morgan fingerprint density at radius 3 is 2.54 bits per heavy atom. The molecule has 2 rings (SSSR count). The molecule has 1 N–H and O–H groups in total. The Balaban J connectivity index is 0.00000338. The number of guanidine groups is 1. The van der Waals surface area contributed by atoms with E-state index in [1.165, 1.54) is 5.56 Å². The van der Waals surface area contributed by atoms with Gasteiger partial charge >= 0.3 is 5.97 Å². The van der Waals surface area contributed by atoms with Gasteiger partial charge in [0, 0.05) is 31.7 Å². The smallest absolute Gasteiger partial charge is 0.309 e. The fourth-order valence-corrected chi connectivity index (χ4v) is 3.19. The summed E-state index contributed by atoms with van der Waals surface area (Å²) in [5.41, 5.74) is 1.29. The van der Waals surface area contributed by atoms with Gasteiger partial charge < -0.3 is 15.0 Å². The Hall–Kier alpha value is -1.02. The summed E-state index contributed by atoms with van der Waals surface area (Å²) in [6, 6.07) is 7.99. The lowest BCUT2D eigenvalue weighted by molar-refractivity contribution is -0.149. The van der Waals surface area contributed by atoms with Crippen LogP contribution in [-0.2, 0) is 16.0 Å². The van der Waals surface area contributed by atoms with Crippen molar-refractivity contribution in [3.8, 4) is 0 Å². The molecule has 0 saturated carbocycles. The monoisotopic (exact) mass is 493 g/mol. The van der Waals surface area contributed by atoms with Gasteiger partial charge in [-0.1, -0.05) is 23.7 Å². The highest BCUT2D eigenvalue weighted by molar-refractivity contribution is 14.0. The lowest BCUT2D eigenvalue weighted by Crippen LogP contribution is -2.47. The molecule has 1 aromatic carbocycles. The topological polar surface area (TPSA) is 53.9 Å². The number of carbonyl (C=O) groups is 1. The molecular weight excluding hydrogens is 465 g/mol. The highest BCUT2D eigenvalue weighted by Gasteiger charge is 2.27. The van der Waals surface area contributed by atoms with Crippen molar-refractivity contribution < 1.29 is 9.53 Å². The van der Waals surface area contributed by atoms with Crippen LogP contribution >= 0.6 is 35.6 Å². The molecule has 0 atom stereocenters. The molecule has 1 aromatic rings. The fourth-order valence-electron chi connectivity index (χ4n) is 3.06. The van der Waals surface area contributed by atoms with E-state index in [0.29, 0.717) is 6.61 Å². The minimum atomic E-state index is -0.0620. The maximum absolute atomic E-state index is 11.8. The molecule has 1 fully saturated rings. The standard InChI is InChI=1S/C19H28ClN3O2.HI/c1-3-25-18(24)16-10-13-23(14-11-16)19(21-2)22-12-4-5-15-6-8-17(20)9-7-15;/h6-9,16H,3-5,10-14H2,1-2H3,(H,21,22);1H. The average Bonchev–Trinajstić information content (AvgIpc) is 2.64. The normalized spacial score (nSPS) is 15.3. The number of rotatable bonds is 6. The van der Waals surface area contributed by atoms with E-state index in [2.05, 4.69) is 27.3 Å². The van der Waals surface area contributed by atoms with Crippen molar-refractivity contribution in [2.45, 2.75) is 32.6 Å². The summed E-state index contributed by atoms with van der Waals surface area (Å²) in [7, 11) is 1.80. The predicted molar refractivity (Wildman–Crippen MR) is 117 cm³/mol. The molecule has 1 heterocycles. The van der Waals surface area contributed by atoms with Gasteiger partial charge in [0.25, 0.3) is 0 Å². The zero-order valence-corrected chi connectivity index (χ0v) is 18.6. The van der Waals surface area contributed by atoms with Crippen molar-refractivity contribution in [3.63, 3.8) is 0 Å². The second kappa shape index (κ2) is 12.4. The lowest BCUT2D eigenvalue weighted by Gasteiger charge is -2.33. The molecule has 1 aliphatic rings. The third-order valence-corrected chi connectivity index (χ3v) is 4.72. The number of nitrogens with one attached hydrogen (secondary N) is 1. The number of halogens is 2. The van der Waals surface area contributed by atoms with E-state index in [9.17, 15) is 4.79 Å². The summed E-state index contributed by atoms with van der Waals surface area (Å²) in [6.07, 6.45) is 3.68. The number of nitrogens with zero attached hydrogens (tertiary/aromatic N) is 2. The Kier molecular flexibility index (Phi) is 11.0. The summed E-state index contributed by atoms with van der Waals surface area (Å²) >= 11 is 5.90. The van der Waals surface area contributed by atoms with E-state index in [-0.39, 0.29) is 35.9 Å². The number of esters is 1. The van der Waals surface area contributed by atoms with Crippen molar-refractivity contribution in [1.29, 1.82) is 0 Å². The van der Waals surface area contributed by atoms with Crippen LogP contribution in [0.15, 0.2) is 29.3 Å². The molecule has 1 aliphatic heterocycles. The largest absolute Gasteiger partial charge is 0.466 e. The van der Waals surface area contributed by atoms with Gasteiger partial charge in [0.2, 0.25) is 0 Å². The van der Waals surface area contributed by atoms with Gasteiger partial charge in [-0.2, -0.15) is 0 Å². The summed E-state index contributed by atoms with van der Waals surface area (Å²) < 4.78 is 5.12. The minimum absolute atomic E-state index is 0. The summed E-state index contributed by atoms with van der Waals surface area (Å²) in [6.45, 7) is 4.84. The van der Waals surface area contributed by atoms with Gasteiger partial charge in [0.1, 0.15) is 0 Å². The minimum Gasteiger partial charge on any atom is -0.466 e. The van der Waals surface area contributed by atoms with Crippen LogP contribution in [0.25, 0.3) is 0 Å². The molecule has 26 heavy (non-hydrogen) atoms. The number of aryl methyl sites for hydroxylation is 1. The maximum atomic E-state index is 11.8. The summed E-state index contributed by atoms with van der Waals surface area (Å²) in [5, 5.41) is 4.20. The highest BCUT2D eigenvalue weighted by Crippen LogP contribution is 2.18. The second-order valence-corrected chi connectivity index (χ2v) is 6.65. The van der Waals surface area contributed by atoms with Crippen LogP contribution < -0.4 is 5.32 Å². The predicted octanol–water partition coefficient (Wildman–Crippen LogP) is 3.74. The van der Waals surface area contributed by atoms with E-state index in [0.717, 1.165) is 56.3 Å². The number of benzene rings is 1. The van der Waals surface area contributed by atoms with Gasteiger partial charge in [-0.25, -0.2) is 0 Å². The molecule has 7 heteroatoms. The third-order valence-electron chi connectivity index (χ3n) is 4.46. The van der Waals surface area contributed by atoms with E-state index in [1.807, 2.05) is 19.1 Å². The number of carbonyl (C=O) groups excluding carboxylic acids is 1. The summed E-state index contributed by atoms with van der Waals surface area (Å²) in [4.78, 5) is 18.4. The molecule has 0 unspecified atom stereocenters. The Morgan fingerprint density at radius 1 is 1.31 bits per heavy atom. The van der Waals surface area contributed by atoms with Gasteiger partial charge in [0.15, 0.2) is 5.96 Å². The van der Waals surface area contributed by atoms with Crippen molar-refractivity contribution in [2.24, 2.45) is 10.9 Å². The highest BCUT2D eigenvalue weighted by atomic mass is 127. The van der Waals surface area contributed by atoms with E-state index >= 15 is 0 Å². The van der Waals surface area contributed by atoms with Crippen molar-refractivity contribution >= 4 is 47.5 Å². The lowest BCUT2D eigenvalue weighted by atomic mass is 9.97. The van der Waals surface area contributed by atoms with Crippen molar-refractivity contribution in [3.05, 3.63) is 34.9 Å². The number of aliphatic imine (C=N–C) groups is 1. The zero-order chi connectivity index (χ0) is 18.1. The summed E-state index contributed by atoms with van der Waals surface area (Å²) in [5.74, 6) is 0.880. The first-order valence-electron chi connectivity index (χ1n) is 9.00. The Labute approximate surface area is 178 Å². The van der Waals surface area contributed by atoms with Gasteiger partial charge in [-0.05, 0) is 50.3 Å². The quantitative estimate of drug-likeness (QED) is 0.216. The first-order valence-corrected chi connectivity index (χ1v) is 9.38. The van der Waals surface area contributed by atoms with Crippen LogP contribution in [0.5, 0.6) is 0 Å². The maximum Gasteiger partial charge on any atom is 0.309 e. The van der Waals surface area contributed by atoms with Crippen molar-refractivity contribution in [2.75, 3.05) is 33.3 Å². The van der Waals surface area contributed by atoms with Crippen LogP contribution in [0.2, 0.25) is 5.02 Å². The molecular formula is C19H29ClIN3O2. The Bertz CT molecular complexity index is 573. The molecule has 0 spiro atoms. The molecule has 0 aliphatic carbocycles. The van der Waals surface area contributed by atoms with Crippen LogP contribution in [0, 0.1) is 5.92 Å². The average molecular weight is 494 g/mol. The molecule has 0 radical (unpaired) electrons. The SMILES string of the molecule is CCOC(=O)C1CCN(C(=NC)NCCCc2ccc(Cl)cc2)CC1.I. The first kappa shape index (κ1) is 23.0. The van der Waals surface area contributed by atoms with Crippen molar-refractivity contribution in [1.82, 2.24) is 10.2 Å². The number of ether oxygens (including phenoxy) is 1. The second-order valence-electron chi connectivity index (χ2n) is 6.22. The molecule has 0 amide bonds. The number of likely N-dealkylation sites (tertiary alicyclic amines) is 1. The number of hydrogen-bond acceptors (Lipinski definition) is 3. The Morgan fingerprint density at radius 2 is 1.96 bits per heavy atom. The number of hydrogen-bond donors (Lipinski definition) is 1. The van der Waals surface area contributed by atoms with Gasteiger partial charge in [-0.3, -0.25) is 9.79 Å². The number of piperidine rings is 1. The van der Waals surface area contributed by atoms with E-state index in [4.69, 9.17) is 16.3 Å². The molecule has 146 valence electrons. The van der Waals surface area contributed by atoms with Gasteiger partial charge in [-0.15, -0.1) is 24.0 Å². The van der Waals surface area contributed by atoms with E-state index in [1.54, 1.807) is 7.05 Å². The van der Waals surface area contributed by atoms with E-state index < -0.39 is 0 Å². The molecule has 0 bridgehead atoms. The van der Waals surface area contributed by atoms with Gasteiger partial charge in [0.05, 0.1) is 12.5 Å². The zero-order valence-electron chi connectivity index (χ0n) is 15.5. The van der Waals surface area contributed by atoms with Crippen LogP contribution in [0.1, 0.15) is 31.7 Å².